The molecular formula is C16H23ClN2O2. The van der Waals surface area contributed by atoms with Gasteiger partial charge in [0, 0.05) is 12.1 Å². The molecule has 0 bridgehead atoms. The van der Waals surface area contributed by atoms with E-state index in [0.717, 1.165) is 17.7 Å². The summed E-state index contributed by atoms with van der Waals surface area (Å²) in [4.78, 5) is 12.6. The lowest BCUT2D eigenvalue weighted by Crippen LogP contribution is -2.54. The molecular weight excluding hydrogens is 288 g/mol. The van der Waals surface area contributed by atoms with Crippen molar-refractivity contribution in [3.8, 4) is 5.75 Å². The van der Waals surface area contributed by atoms with Crippen LogP contribution >= 0.6 is 12.4 Å². The quantitative estimate of drug-likeness (QED) is 0.896. The minimum atomic E-state index is -0.260. The molecule has 21 heavy (non-hydrogen) atoms. The summed E-state index contributed by atoms with van der Waals surface area (Å²) in [6.07, 6.45) is 3.06. The van der Waals surface area contributed by atoms with Crippen molar-refractivity contribution in [1.82, 2.24) is 5.32 Å². The lowest BCUT2D eigenvalue weighted by Gasteiger charge is -2.33. The number of para-hydroxylation sites is 1. The molecule has 1 heterocycles. The molecule has 0 radical (unpaired) electrons. The smallest absolute Gasteiger partial charge is 0.228 e. The minimum Gasteiger partial charge on any atom is -0.493 e. The van der Waals surface area contributed by atoms with Crippen molar-refractivity contribution in [2.75, 3.05) is 13.2 Å². The molecule has 1 aliphatic carbocycles. The van der Waals surface area contributed by atoms with Gasteiger partial charge in [-0.15, -0.1) is 12.4 Å². The largest absolute Gasteiger partial charge is 0.493 e. The standard InChI is InChI=1S/C16H22N2O2.ClH/c1-16(10-17,11-6-7-11)18-15(19)13-8-9-20-14-5-3-2-4-12(13)14;/h2-5,11,13H,6-10,17H2,1H3,(H,18,19);1H. The number of carbonyl (C=O) groups excluding carboxylic acids is 1. The van der Waals surface area contributed by atoms with Crippen molar-refractivity contribution in [2.45, 2.75) is 37.6 Å². The summed E-state index contributed by atoms with van der Waals surface area (Å²) in [5.41, 5.74) is 6.61. The monoisotopic (exact) mass is 310 g/mol. The van der Waals surface area contributed by atoms with E-state index in [4.69, 9.17) is 10.5 Å². The summed E-state index contributed by atoms with van der Waals surface area (Å²) < 4.78 is 5.62. The molecule has 1 aliphatic heterocycles. The van der Waals surface area contributed by atoms with Crippen LogP contribution in [0.2, 0.25) is 0 Å². The van der Waals surface area contributed by atoms with Gasteiger partial charge in [0.1, 0.15) is 5.75 Å². The third kappa shape index (κ3) is 3.16. The first kappa shape index (κ1) is 16.1. The molecule has 5 heteroatoms. The van der Waals surface area contributed by atoms with Crippen LogP contribution in [0.5, 0.6) is 5.75 Å². The number of nitrogens with one attached hydrogen (secondary N) is 1. The van der Waals surface area contributed by atoms with E-state index in [2.05, 4.69) is 12.2 Å². The predicted molar refractivity (Wildman–Crippen MR) is 84.9 cm³/mol. The van der Waals surface area contributed by atoms with Gasteiger partial charge >= 0.3 is 0 Å². The van der Waals surface area contributed by atoms with Crippen LogP contribution in [0.25, 0.3) is 0 Å². The van der Waals surface area contributed by atoms with Gasteiger partial charge in [0.2, 0.25) is 5.91 Å². The second-order valence-electron chi connectivity index (χ2n) is 6.11. The van der Waals surface area contributed by atoms with E-state index in [-0.39, 0.29) is 29.8 Å². The predicted octanol–water partition coefficient (Wildman–Crippen LogP) is 2.22. The van der Waals surface area contributed by atoms with Gasteiger partial charge in [-0.2, -0.15) is 0 Å². The molecule has 0 saturated heterocycles. The maximum atomic E-state index is 12.6. The van der Waals surface area contributed by atoms with Crippen molar-refractivity contribution >= 4 is 18.3 Å². The zero-order chi connectivity index (χ0) is 14.2. The number of carbonyl (C=O) groups is 1. The Hall–Kier alpha value is -1.26. The summed E-state index contributed by atoms with van der Waals surface area (Å²) in [6, 6.07) is 7.80. The fourth-order valence-corrected chi connectivity index (χ4v) is 3.02. The average molecular weight is 311 g/mol. The topological polar surface area (TPSA) is 64.3 Å². The fourth-order valence-electron chi connectivity index (χ4n) is 3.02. The van der Waals surface area contributed by atoms with E-state index in [1.165, 1.54) is 12.8 Å². The molecule has 1 amide bonds. The van der Waals surface area contributed by atoms with E-state index in [1.807, 2.05) is 24.3 Å². The van der Waals surface area contributed by atoms with E-state index in [0.29, 0.717) is 19.1 Å². The van der Waals surface area contributed by atoms with Crippen molar-refractivity contribution in [2.24, 2.45) is 11.7 Å². The van der Waals surface area contributed by atoms with E-state index in [9.17, 15) is 4.79 Å². The highest BCUT2D eigenvalue weighted by molar-refractivity contribution is 5.85. The van der Waals surface area contributed by atoms with Crippen LogP contribution in [-0.4, -0.2) is 24.6 Å². The van der Waals surface area contributed by atoms with Gasteiger partial charge in [-0.3, -0.25) is 4.79 Å². The number of hydrogen-bond acceptors (Lipinski definition) is 3. The highest BCUT2D eigenvalue weighted by Gasteiger charge is 2.43. The molecule has 0 spiro atoms. The minimum absolute atomic E-state index is 0. The molecule has 2 aliphatic rings. The molecule has 3 N–H and O–H groups in total. The first-order valence-corrected chi connectivity index (χ1v) is 7.38. The number of halogens is 1. The zero-order valence-corrected chi connectivity index (χ0v) is 13.1. The Kier molecular flexibility index (Phi) is 4.79. The van der Waals surface area contributed by atoms with E-state index in [1.54, 1.807) is 0 Å². The second-order valence-corrected chi connectivity index (χ2v) is 6.11. The Bertz CT molecular complexity index is 519. The summed E-state index contributed by atoms with van der Waals surface area (Å²) in [7, 11) is 0. The zero-order valence-electron chi connectivity index (χ0n) is 12.3. The molecule has 1 saturated carbocycles. The van der Waals surface area contributed by atoms with Crippen LogP contribution in [0.3, 0.4) is 0 Å². The van der Waals surface area contributed by atoms with Crippen molar-refractivity contribution in [3.63, 3.8) is 0 Å². The van der Waals surface area contributed by atoms with E-state index >= 15 is 0 Å². The average Bonchev–Trinajstić information content (AvgIpc) is 3.31. The lowest BCUT2D eigenvalue weighted by molar-refractivity contribution is -0.125. The molecule has 116 valence electrons. The van der Waals surface area contributed by atoms with Crippen molar-refractivity contribution < 1.29 is 9.53 Å². The Morgan fingerprint density at radius 2 is 2.10 bits per heavy atom. The molecule has 2 unspecified atom stereocenters. The van der Waals surface area contributed by atoms with Gasteiger partial charge in [0.25, 0.3) is 0 Å². The summed E-state index contributed by atoms with van der Waals surface area (Å²) in [5.74, 6) is 1.33. The number of ether oxygens (including phenoxy) is 1. The Labute approximate surface area is 131 Å². The lowest BCUT2D eigenvalue weighted by atomic mass is 9.89. The Morgan fingerprint density at radius 1 is 1.38 bits per heavy atom. The van der Waals surface area contributed by atoms with Gasteiger partial charge in [-0.1, -0.05) is 18.2 Å². The molecule has 1 fully saturated rings. The second kappa shape index (κ2) is 6.24. The SMILES string of the molecule is CC(CN)(NC(=O)C1CCOc2ccccc21)C1CC1.Cl. The van der Waals surface area contributed by atoms with Crippen LogP contribution in [0.4, 0.5) is 0 Å². The molecule has 2 atom stereocenters. The number of benzene rings is 1. The van der Waals surface area contributed by atoms with E-state index < -0.39 is 0 Å². The maximum Gasteiger partial charge on any atom is 0.228 e. The van der Waals surface area contributed by atoms with Crippen LogP contribution in [0.15, 0.2) is 24.3 Å². The fraction of sp³-hybridized carbons (Fsp3) is 0.562. The van der Waals surface area contributed by atoms with Crippen LogP contribution in [-0.2, 0) is 4.79 Å². The third-order valence-corrected chi connectivity index (χ3v) is 4.59. The Morgan fingerprint density at radius 3 is 2.76 bits per heavy atom. The van der Waals surface area contributed by atoms with Crippen molar-refractivity contribution in [3.05, 3.63) is 29.8 Å². The van der Waals surface area contributed by atoms with Gasteiger partial charge in [0.15, 0.2) is 0 Å². The molecule has 1 aromatic rings. The highest BCUT2D eigenvalue weighted by atomic mass is 35.5. The number of amides is 1. The van der Waals surface area contributed by atoms with Gasteiger partial charge in [0.05, 0.1) is 18.1 Å². The summed E-state index contributed by atoms with van der Waals surface area (Å²) >= 11 is 0. The maximum absolute atomic E-state index is 12.6. The van der Waals surface area contributed by atoms with Gasteiger partial charge in [-0.25, -0.2) is 0 Å². The molecule has 0 aromatic heterocycles. The number of nitrogens with two attached hydrogens (primary N) is 1. The number of hydrogen-bond donors (Lipinski definition) is 2. The normalized spacial score (nSPS) is 23.0. The van der Waals surface area contributed by atoms with Crippen LogP contribution in [0, 0.1) is 5.92 Å². The molecule has 3 rings (SSSR count). The third-order valence-electron chi connectivity index (χ3n) is 4.59. The van der Waals surface area contributed by atoms with Crippen LogP contribution < -0.4 is 15.8 Å². The molecule has 1 aromatic carbocycles. The highest BCUT2D eigenvalue weighted by Crippen LogP contribution is 2.40. The summed E-state index contributed by atoms with van der Waals surface area (Å²) in [6.45, 7) is 3.15. The van der Waals surface area contributed by atoms with Gasteiger partial charge < -0.3 is 15.8 Å². The van der Waals surface area contributed by atoms with Gasteiger partial charge in [-0.05, 0) is 38.2 Å². The van der Waals surface area contributed by atoms with Crippen molar-refractivity contribution in [1.29, 1.82) is 0 Å². The first-order chi connectivity index (χ1) is 9.64. The molecule has 4 nitrogen and oxygen atoms in total. The number of fused-ring (bicyclic) bond motifs is 1. The summed E-state index contributed by atoms with van der Waals surface area (Å²) in [5, 5.41) is 3.20. The first-order valence-electron chi connectivity index (χ1n) is 7.38. The Balaban J connectivity index is 0.00000161. The van der Waals surface area contributed by atoms with Crippen LogP contribution in [0.1, 0.15) is 37.7 Å². The number of rotatable bonds is 4.